The van der Waals surface area contributed by atoms with Gasteiger partial charge in [-0.05, 0) is 18.6 Å². The average Bonchev–Trinajstić information content (AvgIpc) is 2.99. The van der Waals surface area contributed by atoms with Crippen molar-refractivity contribution in [3.05, 3.63) is 28.0 Å². The van der Waals surface area contributed by atoms with Gasteiger partial charge in [-0.3, -0.25) is 14.4 Å². The molecule has 0 saturated carbocycles. The summed E-state index contributed by atoms with van der Waals surface area (Å²) in [5.41, 5.74) is -0.433. The van der Waals surface area contributed by atoms with E-state index >= 15 is 0 Å². The molecule has 0 bridgehead atoms. The minimum absolute atomic E-state index is 0.0891. The van der Waals surface area contributed by atoms with E-state index in [9.17, 15) is 19.2 Å². The van der Waals surface area contributed by atoms with E-state index in [4.69, 9.17) is 4.52 Å². The molecule has 1 aromatic heterocycles. The van der Waals surface area contributed by atoms with Crippen molar-refractivity contribution in [2.45, 2.75) is 19.8 Å². The standard InChI is InChI=1S/C15H16N2O6S/c1-8(18)16-5-3-4-6-24-10-7-9(19)14-11(13(10)20)12(17-23-14)15(21)22-2/h7H,3-6H2,1-2H3,(H,16,18). The summed E-state index contributed by atoms with van der Waals surface area (Å²) in [4.78, 5) is 47.1. The van der Waals surface area contributed by atoms with E-state index in [1.807, 2.05) is 0 Å². The lowest BCUT2D eigenvalue weighted by atomic mass is 10.00. The number of hydrogen-bond donors (Lipinski definition) is 1. The van der Waals surface area contributed by atoms with Crippen LogP contribution in [0.15, 0.2) is 15.5 Å². The number of ether oxygens (including phenoxy) is 1. The van der Waals surface area contributed by atoms with Crippen LogP contribution in [0, 0.1) is 0 Å². The first-order valence-electron chi connectivity index (χ1n) is 7.21. The van der Waals surface area contributed by atoms with Gasteiger partial charge in [0.1, 0.15) is 5.56 Å². The predicted octanol–water partition coefficient (Wildman–Crippen LogP) is 1.37. The van der Waals surface area contributed by atoms with Crippen LogP contribution in [-0.2, 0) is 9.53 Å². The zero-order valence-electron chi connectivity index (χ0n) is 13.2. The molecule has 1 aliphatic rings. The van der Waals surface area contributed by atoms with Gasteiger partial charge < -0.3 is 14.6 Å². The number of allylic oxidation sites excluding steroid dienone is 2. The van der Waals surface area contributed by atoms with Gasteiger partial charge in [0.25, 0.3) is 0 Å². The van der Waals surface area contributed by atoms with Crippen LogP contribution in [0.5, 0.6) is 0 Å². The topological polar surface area (TPSA) is 116 Å². The Morgan fingerprint density at radius 1 is 1.33 bits per heavy atom. The second kappa shape index (κ2) is 7.91. The number of hydrogen-bond acceptors (Lipinski definition) is 8. The summed E-state index contributed by atoms with van der Waals surface area (Å²) >= 11 is 1.22. The molecule has 2 rings (SSSR count). The number of fused-ring (bicyclic) bond motifs is 1. The Morgan fingerprint density at radius 3 is 2.75 bits per heavy atom. The summed E-state index contributed by atoms with van der Waals surface area (Å²) in [6, 6.07) is 0. The Balaban J connectivity index is 2.00. The third-order valence-electron chi connectivity index (χ3n) is 3.21. The highest BCUT2D eigenvalue weighted by Crippen LogP contribution is 2.31. The van der Waals surface area contributed by atoms with Gasteiger partial charge in [0.05, 0.1) is 12.0 Å². The minimum Gasteiger partial charge on any atom is -0.464 e. The zero-order valence-corrected chi connectivity index (χ0v) is 14.0. The van der Waals surface area contributed by atoms with Crippen molar-refractivity contribution in [2.24, 2.45) is 0 Å². The molecule has 1 amide bonds. The molecule has 1 aromatic rings. The number of nitrogens with zero attached hydrogens (tertiary/aromatic N) is 1. The van der Waals surface area contributed by atoms with Crippen LogP contribution in [0.1, 0.15) is 51.2 Å². The number of Topliss-reactive ketones (excluding diaryl/α,β-unsaturated/α-hetero) is 1. The van der Waals surface area contributed by atoms with Gasteiger partial charge in [0.2, 0.25) is 28.9 Å². The summed E-state index contributed by atoms with van der Waals surface area (Å²) in [6.45, 7) is 2.01. The van der Waals surface area contributed by atoms with Gasteiger partial charge >= 0.3 is 5.97 Å². The van der Waals surface area contributed by atoms with Crippen LogP contribution in [0.4, 0.5) is 0 Å². The number of amides is 1. The van der Waals surface area contributed by atoms with Crippen molar-refractivity contribution in [3.8, 4) is 0 Å². The molecule has 1 heterocycles. The molecule has 128 valence electrons. The molecule has 0 saturated heterocycles. The molecule has 0 atom stereocenters. The fourth-order valence-corrected chi connectivity index (χ4v) is 3.05. The Labute approximate surface area is 142 Å². The summed E-state index contributed by atoms with van der Waals surface area (Å²) in [5, 5.41) is 6.15. The predicted molar refractivity (Wildman–Crippen MR) is 85.0 cm³/mol. The number of methoxy groups -OCH3 is 1. The SMILES string of the molecule is COC(=O)c1noc2c1C(=O)C(SCCCCNC(C)=O)=CC2=O. The molecular weight excluding hydrogens is 336 g/mol. The first-order chi connectivity index (χ1) is 11.5. The Morgan fingerprint density at radius 2 is 2.08 bits per heavy atom. The van der Waals surface area contributed by atoms with Gasteiger partial charge in [-0.1, -0.05) is 5.16 Å². The Bertz CT molecular complexity index is 722. The lowest BCUT2D eigenvalue weighted by molar-refractivity contribution is -0.118. The summed E-state index contributed by atoms with van der Waals surface area (Å²) in [7, 11) is 1.15. The molecule has 9 heteroatoms. The first kappa shape index (κ1) is 17.9. The largest absolute Gasteiger partial charge is 0.464 e. The van der Waals surface area contributed by atoms with Crippen LogP contribution in [0.2, 0.25) is 0 Å². The number of unbranched alkanes of at least 4 members (excludes halogenated alkanes) is 1. The third-order valence-corrected chi connectivity index (χ3v) is 4.32. The van der Waals surface area contributed by atoms with E-state index in [1.54, 1.807) is 0 Å². The van der Waals surface area contributed by atoms with Crippen molar-refractivity contribution in [2.75, 3.05) is 19.4 Å². The van der Waals surface area contributed by atoms with Crippen molar-refractivity contribution >= 4 is 35.2 Å². The number of nitrogens with one attached hydrogen (secondary N) is 1. The molecular formula is C15H16N2O6S. The summed E-state index contributed by atoms with van der Waals surface area (Å²) < 4.78 is 9.34. The van der Waals surface area contributed by atoms with E-state index < -0.39 is 17.5 Å². The minimum atomic E-state index is -0.831. The molecule has 1 N–H and O–H groups in total. The molecule has 0 aliphatic heterocycles. The highest BCUT2D eigenvalue weighted by atomic mass is 32.2. The average molecular weight is 352 g/mol. The van der Waals surface area contributed by atoms with Crippen LogP contribution in [0.25, 0.3) is 0 Å². The number of thioether (sulfide) groups is 1. The Kier molecular flexibility index (Phi) is 5.91. The van der Waals surface area contributed by atoms with E-state index in [0.29, 0.717) is 12.3 Å². The van der Waals surface area contributed by atoms with Crippen molar-refractivity contribution in [3.63, 3.8) is 0 Å². The molecule has 24 heavy (non-hydrogen) atoms. The van der Waals surface area contributed by atoms with Crippen LogP contribution in [0.3, 0.4) is 0 Å². The first-order valence-corrected chi connectivity index (χ1v) is 8.20. The summed E-state index contributed by atoms with van der Waals surface area (Å²) in [6.07, 6.45) is 2.70. The molecule has 0 unspecified atom stereocenters. The van der Waals surface area contributed by atoms with E-state index in [-0.39, 0.29) is 27.8 Å². The monoisotopic (exact) mass is 352 g/mol. The van der Waals surface area contributed by atoms with E-state index in [1.165, 1.54) is 24.8 Å². The maximum atomic E-state index is 12.5. The van der Waals surface area contributed by atoms with Crippen LogP contribution in [-0.4, -0.2) is 48.0 Å². The smallest absolute Gasteiger partial charge is 0.361 e. The maximum Gasteiger partial charge on any atom is 0.361 e. The number of rotatable bonds is 7. The molecule has 8 nitrogen and oxygen atoms in total. The fourth-order valence-electron chi connectivity index (χ4n) is 2.06. The third kappa shape index (κ3) is 3.91. The number of carbonyl (C=O) groups is 4. The van der Waals surface area contributed by atoms with Gasteiger partial charge in [0.15, 0.2) is 0 Å². The lowest BCUT2D eigenvalue weighted by Gasteiger charge is -2.10. The summed E-state index contributed by atoms with van der Waals surface area (Å²) in [5.74, 6) is -1.54. The van der Waals surface area contributed by atoms with Crippen molar-refractivity contribution in [1.82, 2.24) is 10.5 Å². The Hall–Kier alpha value is -2.42. The molecule has 1 aliphatic carbocycles. The van der Waals surface area contributed by atoms with Gasteiger partial charge in [-0.2, -0.15) is 0 Å². The van der Waals surface area contributed by atoms with Crippen LogP contribution < -0.4 is 5.32 Å². The molecule has 0 spiro atoms. The normalized spacial score (nSPS) is 13.3. The highest BCUT2D eigenvalue weighted by molar-refractivity contribution is 8.04. The maximum absolute atomic E-state index is 12.5. The highest BCUT2D eigenvalue weighted by Gasteiger charge is 2.36. The zero-order chi connectivity index (χ0) is 17.7. The number of ketones is 2. The van der Waals surface area contributed by atoms with Gasteiger partial charge in [0, 0.05) is 19.5 Å². The molecule has 0 aromatic carbocycles. The molecule has 0 fully saturated rings. The molecule has 0 radical (unpaired) electrons. The lowest BCUT2D eigenvalue weighted by Crippen LogP contribution is -2.21. The van der Waals surface area contributed by atoms with Crippen molar-refractivity contribution in [1.29, 1.82) is 0 Å². The quantitative estimate of drug-likeness (QED) is 0.578. The number of carbonyl (C=O) groups excluding carboxylic acids is 4. The van der Waals surface area contributed by atoms with E-state index in [2.05, 4.69) is 15.2 Å². The second-order valence-corrected chi connectivity index (χ2v) is 6.10. The fraction of sp³-hybridized carbons (Fsp3) is 0.400. The van der Waals surface area contributed by atoms with E-state index in [0.717, 1.165) is 20.0 Å². The van der Waals surface area contributed by atoms with Gasteiger partial charge in [-0.15, -0.1) is 11.8 Å². The second-order valence-electron chi connectivity index (χ2n) is 4.97. The van der Waals surface area contributed by atoms with Crippen molar-refractivity contribution < 1.29 is 28.4 Å². The number of aromatic nitrogens is 1. The van der Waals surface area contributed by atoms with Crippen LogP contribution >= 0.6 is 11.8 Å². The van der Waals surface area contributed by atoms with Gasteiger partial charge in [-0.25, -0.2) is 4.79 Å². The number of esters is 1.